The number of rotatable bonds is 7. The van der Waals surface area contributed by atoms with Crippen molar-refractivity contribution in [1.82, 2.24) is 5.32 Å². The predicted molar refractivity (Wildman–Crippen MR) is 96.1 cm³/mol. The molecule has 0 aliphatic carbocycles. The van der Waals surface area contributed by atoms with Crippen molar-refractivity contribution in [1.29, 1.82) is 0 Å². The van der Waals surface area contributed by atoms with Crippen molar-refractivity contribution in [2.75, 3.05) is 13.2 Å². The summed E-state index contributed by atoms with van der Waals surface area (Å²) in [6, 6.07) is 5.42. The molecule has 0 saturated heterocycles. The van der Waals surface area contributed by atoms with Crippen LogP contribution >= 0.6 is 0 Å². The van der Waals surface area contributed by atoms with E-state index in [-0.39, 0.29) is 6.61 Å². The van der Waals surface area contributed by atoms with Gasteiger partial charge in [-0.2, -0.15) is 0 Å². The minimum Gasteiger partial charge on any atom is -0.481 e. The molecule has 0 aliphatic heterocycles. The average Bonchev–Trinajstić information content (AvgIpc) is 2.55. The Bertz CT molecular complexity index is 691. The number of benzene rings is 1. The van der Waals surface area contributed by atoms with Crippen LogP contribution in [-0.2, 0) is 4.79 Å². The van der Waals surface area contributed by atoms with Crippen LogP contribution in [0, 0.1) is 11.8 Å². The third-order valence-corrected chi connectivity index (χ3v) is 3.23. The Hall–Kier alpha value is -2.62. The summed E-state index contributed by atoms with van der Waals surface area (Å²) in [4.78, 5) is 24.1. The largest absolute Gasteiger partial charge is 0.481 e. The molecule has 0 radical (unpaired) electrons. The molecule has 0 aromatic heterocycles. The predicted octanol–water partition coefficient (Wildman–Crippen LogP) is 1.04. The molecule has 1 aromatic carbocycles. The quantitative estimate of drug-likeness (QED) is 0.642. The minimum atomic E-state index is -1.000. The standard InChI is InChI=1S/C19H24N2O4/c1-13(2)6-5-11-25-15-9-7-14(8-10-15)18(24)21-17(16(23)12-22)19(3,4)20/h7-10,17,22H,1,11-12,20H2,2-4H3,(H,21,24)/t17-/m1/s1. The highest BCUT2D eigenvalue weighted by atomic mass is 16.5. The molecule has 134 valence electrons. The lowest BCUT2D eigenvalue weighted by atomic mass is 9.92. The van der Waals surface area contributed by atoms with Gasteiger partial charge in [0, 0.05) is 11.1 Å². The van der Waals surface area contributed by atoms with Crippen molar-refractivity contribution in [2.45, 2.75) is 32.4 Å². The first kappa shape index (κ1) is 20.4. The number of aliphatic hydroxyl groups excluding tert-OH is 1. The zero-order valence-electron chi connectivity index (χ0n) is 14.8. The summed E-state index contributed by atoms with van der Waals surface area (Å²) in [5, 5.41) is 11.6. The number of hydrogen-bond donors (Lipinski definition) is 3. The fraction of sp³-hybridized carbons (Fsp3) is 0.368. The molecule has 1 amide bonds. The van der Waals surface area contributed by atoms with Crippen LogP contribution in [0.25, 0.3) is 0 Å². The van der Waals surface area contributed by atoms with Crippen molar-refractivity contribution >= 4 is 11.7 Å². The van der Waals surface area contributed by atoms with Crippen molar-refractivity contribution in [3.8, 4) is 17.6 Å². The molecule has 6 nitrogen and oxygen atoms in total. The minimum absolute atomic E-state index is 0.215. The lowest BCUT2D eigenvalue weighted by molar-refractivity contribution is -0.124. The molecule has 0 unspecified atom stereocenters. The number of ketones is 1. The summed E-state index contributed by atoms with van der Waals surface area (Å²) in [7, 11) is 0. The van der Waals surface area contributed by atoms with E-state index >= 15 is 0 Å². The highest BCUT2D eigenvalue weighted by Gasteiger charge is 2.32. The smallest absolute Gasteiger partial charge is 0.251 e. The molecule has 1 aromatic rings. The van der Waals surface area contributed by atoms with Gasteiger partial charge in [-0.1, -0.05) is 18.4 Å². The van der Waals surface area contributed by atoms with Gasteiger partial charge in [0.15, 0.2) is 5.78 Å². The van der Waals surface area contributed by atoms with E-state index in [0.717, 1.165) is 5.57 Å². The number of hydrogen-bond acceptors (Lipinski definition) is 5. The second-order valence-corrected chi connectivity index (χ2v) is 6.25. The number of carbonyl (C=O) groups is 2. The first-order valence-corrected chi connectivity index (χ1v) is 7.75. The third kappa shape index (κ3) is 6.79. The first-order valence-electron chi connectivity index (χ1n) is 7.75. The fourth-order valence-corrected chi connectivity index (χ4v) is 2.00. The summed E-state index contributed by atoms with van der Waals surface area (Å²) < 4.78 is 5.43. The van der Waals surface area contributed by atoms with E-state index in [1.807, 2.05) is 0 Å². The molecule has 0 heterocycles. The molecule has 0 spiro atoms. The molecule has 0 bridgehead atoms. The second-order valence-electron chi connectivity index (χ2n) is 6.25. The van der Waals surface area contributed by atoms with Crippen molar-refractivity contribution in [2.24, 2.45) is 5.73 Å². The van der Waals surface area contributed by atoms with E-state index in [4.69, 9.17) is 15.6 Å². The molecule has 25 heavy (non-hydrogen) atoms. The van der Waals surface area contributed by atoms with Crippen LogP contribution in [0.2, 0.25) is 0 Å². The number of ether oxygens (including phenoxy) is 1. The Labute approximate surface area is 148 Å². The lowest BCUT2D eigenvalue weighted by Gasteiger charge is -2.29. The number of nitrogens with two attached hydrogens (primary N) is 1. The van der Waals surface area contributed by atoms with Gasteiger partial charge in [-0.05, 0) is 50.6 Å². The van der Waals surface area contributed by atoms with Crippen LogP contribution in [0.4, 0.5) is 0 Å². The normalized spacial score (nSPS) is 11.7. The van der Waals surface area contributed by atoms with Gasteiger partial charge in [0.2, 0.25) is 0 Å². The van der Waals surface area contributed by atoms with Crippen LogP contribution in [0.1, 0.15) is 31.1 Å². The summed E-state index contributed by atoms with van der Waals surface area (Å²) in [5.41, 5.74) is 6.01. The maximum absolute atomic E-state index is 12.3. The van der Waals surface area contributed by atoms with E-state index in [2.05, 4.69) is 23.7 Å². The fourth-order valence-electron chi connectivity index (χ4n) is 2.00. The summed E-state index contributed by atoms with van der Waals surface area (Å²) in [6.45, 7) is 8.21. The lowest BCUT2D eigenvalue weighted by Crippen LogP contribution is -2.59. The Morgan fingerprint density at radius 3 is 2.44 bits per heavy atom. The van der Waals surface area contributed by atoms with E-state index in [9.17, 15) is 9.59 Å². The number of amides is 1. The highest BCUT2D eigenvalue weighted by Crippen LogP contribution is 2.13. The van der Waals surface area contributed by atoms with Crippen molar-refractivity contribution in [3.05, 3.63) is 42.0 Å². The number of Topliss-reactive ketones (excluding diaryl/α,β-unsaturated/α-hetero) is 1. The highest BCUT2D eigenvalue weighted by molar-refractivity contribution is 5.98. The van der Waals surface area contributed by atoms with Crippen molar-refractivity contribution < 1.29 is 19.4 Å². The van der Waals surface area contributed by atoms with Gasteiger partial charge in [-0.15, -0.1) is 0 Å². The monoisotopic (exact) mass is 344 g/mol. The summed E-state index contributed by atoms with van der Waals surface area (Å²) in [5.74, 6) is 5.17. The van der Waals surface area contributed by atoms with Gasteiger partial charge >= 0.3 is 0 Å². The van der Waals surface area contributed by atoms with E-state index in [1.165, 1.54) is 0 Å². The molecule has 1 atom stereocenters. The second kappa shape index (κ2) is 9.02. The molecular weight excluding hydrogens is 320 g/mol. The van der Waals surface area contributed by atoms with Gasteiger partial charge in [-0.25, -0.2) is 0 Å². The molecule has 0 saturated carbocycles. The van der Waals surface area contributed by atoms with Gasteiger partial charge in [-0.3, -0.25) is 9.59 Å². The van der Waals surface area contributed by atoms with E-state index in [1.54, 1.807) is 45.0 Å². The summed E-state index contributed by atoms with van der Waals surface area (Å²) >= 11 is 0. The number of aliphatic hydroxyl groups is 1. The maximum atomic E-state index is 12.3. The Kier molecular flexibility index (Phi) is 7.37. The summed E-state index contributed by atoms with van der Waals surface area (Å²) in [6.07, 6.45) is 0. The van der Waals surface area contributed by atoms with Gasteiger partial charge in [0.25, 0.3) is 5.91 Å². The number of allylic oxidation sites excluding steroid dienone is 1. The topological polar surface area (TPSA) is 102 Å². The molecule has 6 heteroatoms. The van der Waals surface area contributed by atoms with E-state index < -0.39 is 29.9 Å². The Morgan fingerprint density at radius 1 is 1.36 bits per heavy atom. The SMILES string of the molecule is C=C(C)C#CCOc1ccc(C(=O)N[C@H](C(=O)CO)C(C)(C)N)cc1. The number of carbonyl (C=O) groups excluding carboxylic acids is 2. The van der Waals surface area contributed by atoms with Crippen LogP contribution < -0.4 is 15.8 Å². The van der Waals surface area contributed by atoms with Crippen LogP contribution in [0.15, 0.2) is 36.4 Å². The van der Waals surface area contributed by atoms with Crippen LogP contribution in [-0.4, -0.2) is 41.6 Å². The van der Waals surface area contributed by atoms with Gasteiger partial charge in [0.1, 0.15) is 25.0 Å². The van der Waals surface area contributed by atoms with Gasteiger partial charge < -0.3 is 20.9 Å². The maximum Gasteiger partial charge on any atom is 0.251 e. The first-order chi connectivity index (χ1) is 11.6. The van der Waals surface area contributed by atoms with Gasteiger partial charge in [0.05, 0.1) is 0 Å². The molecule has 0 fully saturated rings. The Morgan fingerprint density at radius 2 is 1.96 bits per heavy atom. The zero-order chi connectivity index (χ0) is 19.0. The Balaban J connectivity index is 2.75. The third-order valence-electron chi connectivity index (χ3n) is 3.23. The zero-order valence-corrected chi connectivity index (χ0v) is 14.8. The van der Waals surface area contributed by atoms with Crippen LogP contribution in [0.3, 0.4) is 0 Å². The number of nitrogens with one attached hydrogen (secondary N) is 1. The molecule has 1 rings (SSSR count). The molecular formula is C19H24N2O4. The van der Waals surface area contributed by atoms with Crippen molar-refractivity contribution in [3.63, 3.8) is 0 Å². The molecule has 4 N–H and O–H groups in total. The molecule has 0 aliphatic rings. The average molecular weight is 344 g/mol. The van der Waals surface area contributed by atoms with E-state index in [0.29, 0.717) is 11.3 Å². The van der Waals surface area contributed by atoms with Crippen LogP contribution in [0.5, 0.6) is 5.75 Å².